The third-order valence-electron chi connectivity index (χ3n) is 3.28. The molecule has 0 aliphatic carbocycles. The van der Waals surface area contributed by atoms with Crippen LogP contribution in [0.4, 0.5) is 8.78 Å². The monoisotopic (exact) mass is 331 g/mol. The molecular formula is C15H13Cl2F2NO. The lowest BCUT2D eigenvalue weighted by Crippen LogP contribution is -2.21. The van der Waals surface area contributed by atoms with Gasteiger partial charge in [-0.15, -0.1) is 0 Å². The van der Waals surface area contributed by atoms with Gasteiger partial charge in [-0.05, 0) is 29.3 Å². The lowest BCUT2D eigenvalue weighted by atomic mass is 9.89. The highest BCUT2D eigenvalue weighted by Gasteiger charge is 2.26. The van der Waals surface area contributed by atoms with E-state index in [1.165, 1.54) is 12.1 Å². The Bertz CT molecular complexity index is 652. The highest BCUT2D eigenvalue weighted by atomic mass is 35.5. The first kappa shape index (κ1) is 16.2. The summed E-state index contributed by atoms with van der Waals surface area (Å²) in [5.74, 6) is -2.19. The van der Waals surface area contributed by atoms with Crippen molar-refractivity contribution < 1.29 is 13.9 Å². The van der Waals surface area contributed by atoms with Crippen LogP contribution in [0.1, 0.15) is 23.1 Å². The van der Waals surface area contributed by atoms with Crippen molar-refractivity contribution in [3.8, 4) is 0 Å². The Kier molecular flexibility index (Phi) is 5.17. The highest BCUT2D eigenvalue weighted by molar-refractivity contribution is 6.35. The van der Waals surface area contributed by atoms with Gasteiger partial charge in [0.05, 0.1) is 6.10 Å². The minimum atomic E-state index is -1.13. The largest absolute Gasteiger partial charge is 0.388 e. The van der Waals surface area contributed by atoms with Gasteiger partial charge in [0, 0.05) is 28.6 Å². The summed E-state index contributed by atoms with van der Waals surface area (Å²) in [6.45, 7) is -0.0251. The van der Waals surface area contributed by atoms with Crippen LogP contribution in [0, 0.1) is 11.6 Å². The zero-order valence-corrected chi connectivity index (χ0v) is 12.4. The number of nitrogens with two attached hydrogens (primary N) is 1. The molecule has 2 nitrogen and oxygen atoms in total. The summed E-state index contributed by atoms with van der Waals surface area (Å²) in [5, 5.41) is 11.1. The second-order valence-corrected chi connectivity index (χ2v) is 5.46. The molecular weight excluding hydrogens is 319 g/mol. The minimum Gasteiger partial charge on any atom is -0.388 e. The predicted molar refractivity (Wildman–Crippen MR) is 79.6 cm³/mol. The van der Waals surface area contributed by atoms with E-state index in [1.54, 1.807) is 12.1 Å². The lowest BCUT2D eigenvalue weighted by Gasteiger charge is -2.23. The Morgan fingerprint density at radius 3 is 2.29 bits per heavy atom. The SMILES string of the molecule is NCC(c1ccc(F)cc1F)C(O)c1ccc(Cl)cc1Cl. The van der Waals surface area contributed by atoms with E-state index in [1.807, 2.05) is 0 Å². The molecule has 2 aromatic rings. The molecule has 21 heavy (non-hydrogen) atoms. The van der Waals surface area contributed by atoms with Gasteiger partial charge in [-0.1, -0.05) is 35.3 Å². The molecule has 0 bridgehead atoms. The molecule has 0 fully saturated rings. The van der Waals surface area contributed by atoms with Gasteiger partial charge in [-0.3, -0.25) is 0 Å². The van der Waals surface area contributed by atoms with E-state index in [0.717, 1.165) is 12.1 Å². The van der Waals surface area contributed by atoms with E-state index in [0.29, 0.717) is 10.6 Å². The second kappa shape index (κ2) is 6.71. The van der Waals surface area contributed by atoms with Crippen molar-refractivity contribution in [3.05, 3.63) is 69.2 Å². The average molecular weight is 332 g/mol. The van der Waals surface area contributed by atoms with Crippen molar-refractivity contribution >= 4 is 23.2 Å². The topological polar surface area (TPSA) is 46.2 Å². The zero-order valence-electron chi connectivity index (χ0n) is 10.9. The normalized spacial score (nSPS) is 14.0. The third-order valence-corrected chi connectivity index (χ3v) is 3.84. The standard InChI is InChI=1S/C15H13Cl2F2NO/c16-8-1-3-11(13(17)5-8)15(21)12(7-20)10-4-2-9(18)6-14(10)19/h1-6,12,15,21H,7,20H2. The molecule has 2 rings (SSSR count). The van der Waals surface area contributed by atoms with Gasteiger partial charge in [0.25, 0.3) is 0 Å². The maximum atomic E-state index is 13.9. The van der Waals surface area contributed by atoms with Crippen LogP contribution in [-0.2, 0) is 0 Å². The Labute approximate surface area is 131 Å². The molecule has 0 radical (unpaired) electrons. The summed E-state index contributed by atoms with van der Waals surface area (Å²) < 4.78 is 26.8. The van der Waals surface area contributed by atoms with Crippen LogP contribution in [-0.4, -0.2) is 11.7 Å². The van der Waals surface area contributed by atoms with Gasteiger partial charge >= 0.3 is 0 Å². The first-order valence-electron chi connectivity index (χ1n) is 6.22. The van der Waals surface area contributed by atoms with E-state index in [4.69, 9.17) is 28.9 Å². The Morgan fingerprint density at radius 1 is 1.05 bits per heavy atom. The first-order chi connectivity index (χ1) is 9.93. The van der Waals surface area contributed by atoms with Gasteiger partial charge < -0.3 is 10.8 Å². The molecule has 0 aliphatic rings. The molecule has 6 heteroatoms. The van der Waals surface area contributed by atoms with Gasteiger partial charge in [-0.2, -0.15) is 0 Å². The van der Waals surface area contributed by atoms with Crippen molar-refractivity contribution in [2.45, 2.75) is 12.0 Å². The van der Waals surface area contributed by atoms with Crippen LogP contribution in [0.5, 0.6) is 0 Å². The van der Waals surface area contributed by atoms with Crippen molar-refractivity contribution in [3.63, 3.8) is 0 Å². The molecule has 2 aromatic carbocycles. The van der Waals surface area contributed by atoms with Gasteiger partial charge in [0.1, 0.15) is 11.6 Å². The van der Waals surface area contributed by atoms with E-state index in [9.17, 15) is 13.9 Å². The van der Waals surface area contributed by atoms with E-state index in [2.05, 4.69) is 0 Å². The summed E-state index contributed by atoms with van der Waals surface area (Å²) >= 11 is 11.8. The fourth-order valence-corrected chi connectivity index (χ4v) is 2.71. The van der Waals surface area contributed by atoms with Gasteiger partial charge in [-0.25, -0.2) is 8.78 Å². The van der Waals surface area contributed by atoms with Crippen LogP contribution < -0.4 is 5.73 Å². The lowest BCUT2D eigenvalue weighted by molar-refractivity contribution is 0.145. The van der Waals surface area contributed by atoms with Crippen LogP contribution in [0.3, 0.4) is 0 Å². The summed E-state index contributed by atoms with van der Waals surface area (Å²) in [5.41, 5.74) is 6.17. The Balaban J connectivity index is 2.40. The molecule has 0 saturated carbocycles. The molecule has 0 spiro atoms. The summed E-state index contributed by atoms with van der Waals surface area (Å²) in [7, 11) is 0. The molecule has 0 saturated heterocycles. The highest BCUT2D eigenvalue weighted by Crippen LogP contribution is 2.36. The summed E-state index contributed by atoms with van der Waals surface area (Å²) in [6, 6.07) is 7.76. The number of hydrogen-bond acceptors (Lipinski definition) is 2. The fraction of sp³-hybridized carbons (Fsp3) is 0.200. The van der Waals surface area contributed by atoms with Crippen LogP contribution in [0.25, 0.3) is 0 Å². The van der Waals surface area contributed by atoms with Crippen LogP contribution in [0.2, 0.25) is 10.0 Å². The Morgan fingerprint density at radius 2 is 1.71 bits per heavy atom. The molecule has 2 unspecified atom stereocenters. The van der Waals surface area contributed by atoms with E-state index < -0.39 is 23.7 Å². The molecule has 2 atom stereocenters. The smallest absolute Gasteiger partial charge is 0.129 e. The predicted octanol–water partition coefficient (Wildman–Crippen LogP) is 4.05. The summed E-state index contributed by atoms with van der Waals surface area (Å²) in [4.78, 5) is 0. The zero-order chi connectivity index (χ0) is 15.6. The quantitative estimate of drug-likeness (QED) is 0.887. The molecule has 0 amide bonds. The molecule has 3 N–H and O–H groups in total. The second-order valence-electron chi connectivity index (χ2n) is 4.62. The van der Waals surface area contributed by atoms with Gasteiger partial charge in [0.2, 0.25) is 0 Å². The van der Waals surface area contributed by atoms with Gasteiger partial charge in [0.15, 0.2) is 0 Å². The van der Waals surface area contributed by atoms with E-state index >= 15 is 0 Å². The van der Waals surface area contributed by atoms with Crippen molar-refractivity contribution in [2.24, 2.45) is 5.73 Å². The first-order valence-corrected chi connectivity index (χ1v) is 6.97. The summed E-state index contributed by atoms with van der Waals surface area (Å²) in [6.07, 6.45) is -1.13. The number of rotatable bonds is 4. The van der Waals surface area contributed by atoms with Crippen LogP contribution >= 0.6 is 23.2 Å². The number of hydrogen-bond donors (Lipinski definition) is 2. The van der Waals surface area contributed by atoms with Crippen molar-refractivity contribution in [1.29, 1.82) is 0 Å². The molecule has 0 heterocycles. The molecule has 0 aliphatic heterocycles. The number of aliphatic hydroxyl groups is 1. The Hall–Kier alpha value is -1.20. The van der Waals surface area contributed by atoms with Crippen molar-refractivity contribution in [1.82, 2.24) is 0 Å². The number of halogens is 4. The number of benzene rings is 2. The number of aliphatic hydroxyl groups excluding tert-OH is 1. The van der Waals surface area contributed by atoms with Crippen molar-refractivity contribution in [2.75, 3.05) is 6.54 Å². The van der Waals surface area contributed by atoms with E-state index in [-0.39, 0.29) is 17.1 Å². The molecule has 0 aromatic heterocycles. The minimum absolute atomic E-state index is 0.0251. The average Bonchev–Trinajstić information content (AvgIpc) is 2.41. The maximum Gasteiger partial charge on any atom is 0.129 e. The fourth-order valence-electron chi connectivity index (χ4n) is 2.19. The van der Waals surface area contributed by atoms with Crippen LogP contribution in [0.15, 0.2) is 36.4 Å². The third kappa shape index (κ3) is 3.52. The maximum absolute atomic E-state index is 13.9. The molecule has 112 valence electrons.